The summed E-state index contributed by atoms with van der Waals surface area (Å²) in [6, 6.07) is 0. The van der Waals surface area contributed by atoms with Crippen LogP contribution in [0.3, 0.4) is 0 Å². The lowest BCUT2D eigenvalue weighted by Gasteiger charge is -2.27. The van der Waals surface area contributed by atoms with Crippen LogP contribution in [-0.4, -0.2) is 33.4 Å². The molecule has 0 unspecified atom stereocenters. The smallest absolute Gasteiger partial charge is 0.415 e. The molecule has 1 rings (SSSR count). The van der Waals surface area contributed by atoms with Crippen molar-refractivity contribution in [2.24, 2.45) is 0 Å². The Bertz CT molecular complexity index is 305. The highest BCUT2D eigenvalue weighted by Crippen LogP contribution is 2.22. The summed E-state index contributed by atoms with van der Waals surface area (Å²) in [6.07, 6.45) is 5.12. The SMILES string of the molecule is CC(C)(C)OC(=O)[N+]1(B(O)O)C=CC=C1. The molecule has 0 aromatic heterocycles. The highest BCUT2D eigenvalue weighted by molar-refractivity contribution is 6.35. The molecule has 0 radical (unpaired) electrons. The van der Waals surface area contributed by atoms with E-state index in [1.54, 1.807) is 32.9 Å². The maximum absolute atomic E-state index is 11.8. The van der Waals surface area contributed by atoms with Gasteiger partial charge in [-0.15, -0.1) is 0 Å². The van der Waals surface area contributed by atoms with E-state index in [0.717, 1.165) is 0 Å². The summed E-state index contributed by atoms with van der Waals surface area (Å²) in [6.45, 7) is 5.15. The van der Waals surface area contributed by atoms with Crippen molar-refractivity contribution in [3.63, 3.8) is 0 Å². The number of nitrogens with zero attached hydrogens (tertiary/aromatic N) is 1. The maximum atomic E-state index is 11.8. The van der Waals surface area contributed by atoms with Crippen molar-refractivity contribution < 1.29 is 24.0 Å². The number of ether oxygens (including phenoxy) is 1. The Morgan fingerprint density at radius 1 is 1.27 bits per heavy atom. The number of rotatable bonds is 1. The molecule has 0 aliphatic carbocycles. The zero-order valence-corrected chi connectivity index (χ0v) is 9.04. The van der Waals surface area contributed by atoms with Crippen molar-refractivity contribution in [2.45, 2.75) is 26.4 Å². The Morgan fingerprint density at radius 3 is 2.07 bits per heavy atom. The number of quaternary nitrogens is 1. The van der Waals surface area contributed by atoms with Crippen LogP contribution in [0.15, 0.2) is 24.6 Å². The van der Waals surface area contributed by atoms with E-state index in [4.69, 9.17) is 4.74 Å². The van der Waals surface area contributed by atoms with Crippen LogP contribution in [-0.2, 0) is 4.74 Å². The Hall–Kier alpha value is -1.11. The summed E-state index contributed by atoms with van der Waals surface area (Å²) in [5.74, 6) is 0. The summed E-state index contributed by atoms with van der Waals surface area (Å²) in [5, 5.41) is 18.4. The molecule has 0 saturated heterocycles. The van der Waals surface area contributed by atoms with Gasteiger partial charge in [0.15, 0.2) is 0 Å². The van der Waals surface area contributed by atoms with E-state index >= 15 is 0 Å². The van der Waals surface area contributed by atoms with Crippen LogP contribution >= 0.6 is 0 Å². The first-order valence-corrected chi connectivity index (χ1v) is 4.63. The third-order valence-corrected chi connectivity index (χ3v) is 1.87. The van der Waals surface area contributed by atoms with Crippen LogP contribution in [0, 0.1) is 0 Å². The van der Waals surface area contributed by atoms with Gasteiger partial charge in [-0.25, -0.2) is 0 Å². The summed E-state index contributed by atoms with van der Waals surface area (Å²) >= 11 is 0. The van der Waals surface area contributed by atoms with Crippen molar-refractivity contribution in [3.05, 3.63) is 24.6 Å². The van der Waals surface area contributed by atoms with Crippen LogP contribution in [0.1, 0.15) is 20.8 Å². The van der Waals surface area contributed by atoms with E-state index < -0.39 is 23.3 Å². The molecule has 0 atom stereocenters. The van der Waals surface area contributed by atoms with Gasteiger partial charge in [-0.3, -0.25) is 0 Å². The van der Waals surface area contributed by atoms with Crippen molar-refractivity contribution in [1.29, 1.82) is 0 Å². The molecule has 0 saturated carbocycles. The quantitative estimate of drug-likeness (QED) is 0.629. The largest absolute Gasteiger partial charge is 0.774 e. The van der Waals surface area contributed by atoms with Gasteiger partial charge in [-0.05, 0) is 32.9 Å². The number of hydrogen-bond acceptors (Lipinski definition) is 4. The zero-order chi connectivity index (χ0) is 11.7. The standard InChI is InChI=1S/C9H15BNO4/c1-9(2,3)15-8(12)11(10(13)14)6-4-5-7-11/h4-7,13-14H,1-3H3/q+1. The molecule has 1 aliphatic heterocycles. The van der Waals surface area contributed by atoms with Crippen LogP contribution in [0.2, 0.25) is 0 Å². The van der Waals surface area contributed by atoms with E-state index in [9.17, 15) is 14.8 Å². The van der Waals surface area contributed by atoms with Gasteiger partial charge in [0.1, 0.15) is 5.60 Å². The second-order valence-electron chi connectivity index (χ2n) is 4.34. The molecule has 0 fully saturated rings. The number of allylic oxidation sites excluding steroid dienone is 2. The molecule has 15 heavy (non-hydrogen) atoms. The molecule has 0 aromatic carbocycles. The number of carbonyl (C=O) groups is 1. The highest BCUT2D eigenvalue weighted by atomic mass is 16.6. The molecule has 1 heterocycles. The minimum absolute atomic E-state index is 0.665. The van der Waals surface area contributed by atoms with Gasteiger partial charge in [0.05, 0.1) is 12.4 Å². The van der Waals surface area contributed by atoms with Crippen LogP contribution < -0.4 is 0 Å². The average Bonchev–Trinajstić information content (AvgIpc) is 2.48. The predicted molar refractivity (Wildman–Crippen MR) is 55.0 cm³/mol. The molecule has 0 bridgehead atoms. The molecule has 82 valence electrons. The fraction of sp³-hybridized carbons (Fsp3) is 0.444. The molecule has 1 aliphatic rings. The van der Waals surface area contributed by atoms with E-state index in [1.807, 2.05) is 0 Å². The van der Waals surface area contributed by atoms with Gasteiger partial charge in [0.2, 0.25) is 0 Å². The van der Waals surface area contributed by atoms with E-state index in [1.165, 1.54) is 12.4 Å². The van der Waals surface area contributed by atoms with Crippen LogP contribution in [0.5, 0.6) is 0 Å². The minimum Gasteiger partial charge on any atom is -0.415 e. The van der Waals surface area contributed by atoms with Gasteiger partial charge in [-0.1, -0.05) is 0 Å². The molecule has 6 heteroatoms. The number of hydrogen-bond donors (Lipinski definition) is 2. The van der Waals surface area contributed by atoms with Crippen molar-refractivity contribution in [1.82, 2.24) is 0 Å². The molecular weight excluding hydrogens is 197 g/mol. The van der Waals surface area contributed by atoms with Gasteiger partial charge in [0.25, 0.3) is 0 Å². The van der Waals surface area contributed by atoms with Crippen molar-refractivity contribution >= 4 is 13.3 Å². The van der Waals surface area contributed by atoms with Gasteiger partial charge < -0.3 is 14.8 Å². The zero-order valence-electron chi connectivity index (χ0n) is 9.04. The fourth-order valence-electron chi connectivity index (χ4n) is 1.14. The lowest BCUT2D eigenvalue weighted by atomic mass is 10.0. The normalized spacial score (nSPS) is 17.9. The Kier molecular flexibility index (Phi) is 3.04. The van der Waals surface area contributed by atoms with Crippen molar-refractivity contribution in [3.8, 4) is 0 Å². The topological polar surface area (TPSA) is 66.8 Å². The fourth-order valence-corrected chi connectivity index (χ4v) is 1.14. The van der Waals surface area contributed by atoms with Gasteiger partial charge in [0, 0.05) is 0 Å². The van der Waals surface area contributed by atoms with Gasteiger partial charge >= 0.3 is 13.3 Å². The number of carbonyl (C=O) groups excluding carboxylic acids is 1. The molecule has 0 spiro atoms. The van der Waals surface area contributed by atoms with Crippen LogP contribution in [0.4, 0.5) is 4.79 Å². The molecule has 2 N–H and O–H groups in total. The Balaban J connectivity index is 2.89. The van der Waals surface area contributed by atoms with Crippen LogP contribution in [0.25, 0.3) is 0 Å². The first-order valence-electron chi connectivity index (χ1n) is 4.63. The average molecular weight is 212 g/mol. The Labute approximate surface area is 89.0 Å². The van der Waals surface area contributed by atoms with E-state index in [2.05, 4.69) is 0 Å². The second kappa shape index (κ2) is 3.81. The summed E-state index contributed by atoms with van der Waals surface area (Å²) in [7, 11) is -1.85. The Morgan fingerprint density at radius 2 is 1.73 bits per heavy atom. The lowest BCUT2D eigenvalue weighted by molar-refractivity contribution is -0.653. The first-order chi connectivity index (χ1) is 6.78. The molecule has 0 aromatic rings. The highest BCUT2D eigenvalue weighted by Gasteiger charge is 2.51. The van der Waals surface area contributed by atoms with Crippen molar-refractivity contribution in [2.75, 3.05) is 0 Å². The maximum Gasteiger partial charge on any atom is 0.774 e. The predicted octanol–water partition coefficient (Wildman–Crippen LogP) is 0.749. The van der Waals surface area contributed by atoms with E-state index in [-0.39, 0.29) is 0 Å². The first kappa shape index (κ1) is 12.0. The monoisotopic (exact) mass is 212 g/mol. The second-order valence-corrected chi connectivity index (χ2v) is 4.34. The summed E-state index contributed by atoms with van der Waals surface area (Å²) in [4.78, 5) is 11.8. The van der Waals surface area contributed by atoms with E-state index in [0.29, 0.717) is 0 Å². The van der Waals surface area contributed by atoms with Gasteiger partial charge in [-0.2, -0.15) is 9.19 Å². The number of amides is 1. The molecule has 5 nitrogen and oxygen atoms in total. The molecular formula is C9H15BNO4+. The summed E-state index contributed by atoms with van der Waals surface area (Å²) in [5.41, 5.74) is -0.665. The molecule has 1 amide bonds. The summed E-state index contributed by atoms with van der Waals surface area (Å²) < 4.78 is 4.36. The lowest BCUT2D eigenvalue weighted by Crippen LogP contribution is -2.55. The third kappa shape index (κ3) is 2.47. The third-order valence-electron chi connectivity index (χ3n) is 1.87. The minimum atomic E-state index is -1.85.